The summed E-state index contributed by atoms with van der Waals surface area (Å²) in [6.45, 7) is 1.39. The van der Waals surface area contributed by atoms with Crippen molar-refractivity contribution in [2.75, 3.05) is 19.8 Å². The third kappa shape index (κ3) is 5.36. The molecule has 0 bridgehead atoms. The molecule has 2 aliphatic rings. The number of alkyl halides is 6. The smallest absolute Gasteiger partial charge is 0.348 e. The third-order valence-electron chi connectivity index (χ3n) is 6.61. The minimum atomic E-state index is -4.86. The molecule has 0 amide bonds. The lowest BCUT2D eigenvalue weighted by molar-refractivity contribution is -0.185. The van der Waals surface area contributed by atoms with Crippen LogP contribution in [0.5, 0.6) is 0 Å². The zero-order chi connectivity index (χ0) is 23.7. The van der Waals surface area contributed by atoms with Crippen LogP contribution < -0.4 is 5.32 Å². The molecule has 3 nitrogen and oxygen atoms in total. The summed E-state index contributed by atoms with van der Waals surface area (Å²) in [5.41, 5.74) is -1.92. The molecule has 4 rings (SSSR count). The summed E-state index contributed by atoms with van der Waals surface area (Å²) < 4.78 is 90.6. The maximum Gasteiger partial charge on any atom is 0.416 e. The van der Waals surface area contributed by atoms with E-state index in [1.807, 2.05) is 30.3 Å². The van der Waals surface area contributed by atoms with E-state index in [2.05, 4.69) is 5.32 Å². The average Bonchev–Trinajstić information content (AvgIpc) is 3.23. The van der Waals surface area contributed by atoms with Crippen molar-refractivity contribution < 1.29 is 35.8 Å². The summed E-state index contributed by atoms with van der Waals surface area (Å²) in [4.78, 5) is 0. The highest BCUT2D eigenvalue weighted by molar-refractivity contribution is 5.34. The molecule has 2 aromatic carbocycles. The molecule has 2 fully saturated rings. The van der Waals surface area contributed by atoms with Gasteiger partial charge in [-0.3, -0.25) is 0 Å². The third-order valence-corrected chi connectivity index (χ3v) is 6.61. The minimum absolute atomic E-state index is 0.0601. The van der Waals surface area contributed by atoms with Crippen molar-refractivity contribution in [3.63, 3.8) is 0 Å². The van der Waals surface area contributed by atoms with E-state index in [0.29, 0.717) is 32.6 Å². The Labute approximate surface area is 188 Å². The predicted octanol–water partition coefficient (Wildman–Crippen LogP) is 6.07. The van der Waals surface area contributed by atoms with Gasteiger partial charge in [-0.05, 0) is 42.2 Å². The van der Waals surface area contributed by atoms with Crippen LogP contribution in [0.1, 0.15) is 47.9 Å². The highest BCUT2D eigenvalue weighted by Gasteiger charge is 2.46. The zero-order valence-electron chi connectivity index (χ0n) is 17.9. The molecule has 0 radical (unpaired) electrons. The van der Waals surface area contributed by atoms with Gasteiger partial charge in [-0.2, -0.15) is 26.3 Å². The van der Waals surface area contributed by atoms with Crippen molar-refractivity contribution >= 4 is 0 Å². The maximum atomic E-state index is 13.2. The lowest BCUT2D eigenvalue weighted by Crippen LogP contribution is -2.47. The quantitative estimate of drug-likeness (QED) is 0.535. The Bertz CT molecular complexity index is 909. The van der Waals surface area contributed by atoms with Crippen LogP contribution in [0.2, 0.25) is 0 Å². The van der Waals surface area contributed by atoms with Crippen LogP contribution >= 0.6 is 0 Å². The van der Waals surface area contributed by atoms with E-state index in [4.69, 9.17) is 9.47 Å². The Hall–Kier alpha value is -2.10. The van der Waals surface area contributed by atoms with Crippen LogP contribution in [-0.4, -0.2) is 25.5 Å². The summed E-state index contributed by atoms with van der Waals surface area (Å²) in [6, 6.07) is 11.4. The number of benzene rings is 2. The first-order valence-corrected chi connectivity index (χ1v) is 10.8. The Morgan fingerprint density at radius 1 is 0.758 bits per heavy atom. The van der Waals surface area contributed by atoms with Gasteiger partial charge in [-0.25, -0.2) is 0 Å². The second-order valence-electron chi connectivity index (χ2n) is 8.77. The Morgan fingerprint density at radius 2 is 1.30 bits per heavy atom. The van der Waals surface area contributed by atoms with Crippen molar-refractivity contribution in [3.05, 3.63) is 70.8 Å². The van der Waals surface area contributed by atoms with Gasteiger partial charge in [0.15, 0.2) is 5.79 Å². The topological polar surface area (TPSA) is 30.5 Å². The van der Waals surface area contributed by atoms with Crippen LogP contribution in [0.3, 0.4) is 0 Å². The second kappa shape index (κ2) is 8.92. The van der Waals surface area contributed by atoms with Crippen molar-refractivity contribution in [1.82, 2.24) is 5.32 Å². The highest BCUT2D eigenvalue weighted by Crippen LogP contribution is 2.46. The van der Waals surface area contributed by atoms with Gasteiger partial charge in [0.1, 0.15) is 0 Å². The molecule has 180 valence electrons. The molecule has 33 heavy (non-hydrogen) atoms. The van der Waals surface area contributed by atoms with E-state index in [0.717, 1.165) is 30.5 Å². The fourth-order valence-electron chi connectivity index (χ4n) is 4.82. The Balaban J connectivity index is 1.52. The van der Waals surface area contributed by atoms with Gasteiger partial charge in [-0.15, -0.1) is 0 Å². The average molecular weight is 473 g/mol. The highest BCUT2D eigenvalue weighted by atomic mass is 19.4. The number of hydrogen-bond acceptors (Lipinski definition) is 3. The predicted molar refractivity (Wildman–Crippen MR) is 109 cm³/mol. The lowest BCUT2D eigenvalue weighted by Gasteiger charge is -2.44. The summed E-state index contributed by atoms with van der Waals surface area (Å²) in [5.74, 6) is -0.582. The number of rotatable bonds is 5. The van der Waals surface area contributed by atoms with Gasteiger partial charge < -0.3 is 14.8 Å². The molecule has 9 heteroatoms. The first kappa shape index (κ1) is 24.0. The zero-order valence-corrected chi connectivity index (χ0v) is 17.9. The summed E-state index contributed by atoms with van der Waals surface area (Å²) >= 11 is 0. The van der Waals surface area contributed by atoms with Gasteiger partial charge in [0, 0.05) is 31.3 Å². The largest absolute Gasteiger partial charge is 0.416 e. The molecule has 0 unspecified atom stereocenters. The molecular formula is C24H25F6NO2. The SMILES string of the molecule is FC(F)(F)c1cc(CNCC2(c3ccccc3)CCC3(CC2)OCCO3)cc(C(F)(F)F)c1. The Kier molecular flexibility index (Phi) is 6.50. The van der Waals surface area contributed by atoms with E-state index in [-0.39, 0.29) is 23.6 Å². The summed E-state index contributed by atoms with van der Waals surface area (Å²) in [7, 11) is 0. The van der Waals surface area contributed by atoms with Crippen LogP contribution in [0.25, 0.3) is 0 Å². The van der Waals surface area contributed by atoms with E-state index < -0.39 is 29.3 Å². The fraction of sp³-hybridized carbons (Fsp3) is 0.500. The van der Waals surface area contributed by atoms with Crippen LogP contribution in [0, 0.1) is 0 Å². The van der Waals surface area contributed by atoms with Crippen molar-refractivity contribution in [1.29, 1.82) is 0 Å². The maximum absolute atomic E-state index is 13.2. The number of halogens is 6. The van der Waals surface area contributed by atoms with Crippen LogP contribution in [0.4, 0.5) is 26.3 Å². The van der Waals surface area contributed by atoms with E-state index in [1.165, 1.54) is 0 Å². The molecule has 1 spiro atoms. The summed E-state index contributed by atoms with van der Waals surface area (Å²) in [5, 5.41) is 3.13. The van der Waals surface area contributed by atoms with Gasteiger partial charge in [-0.1, -0.05) is 30.3 Å². The van der Waals surface area contributed by atoms with Gasteiger partial charge in [0.25, 0.3) is 0 Å². The van der Waals surface area contributed by atoms with Gasteiger partial charge in [0.2, 0.25) is 0 Å². The standard InChI is InChI=1S/C24H25F6NO2/c25-23(26,27)19-12-17(13-20(14-19)24(28,29)30)15-31-16-21(18-4-2-1-3-5-18)6-8-22(9-7-21)32-10-11-33-22/h1-5,12-14,31H,6-11,15-16H2. The molecule has 1 heterocycles. The van der Waals surface area contributed by atoms with Crippen molar-refractivity contribution in [3.8, 4) is 0 Å². The summed E-state index contributed by atoms with van der Waals surface area (Å²) in [6.07, 6.45) is -6.93. The molecule has 0 aromatic heterocycles. The number of ether oxygens (including phenoxy) is 2. The first-order valence-electron chi connectivity index (χ1n) is 10.8. The number of nitrogens with one attached hydrogen (secondary N) is 1. The molecular weight excluding hydrogens is 448 g/mol. The van der Waals surface area contributed by atoms with Gasteiger partial charge >= 0.3 is 12.4 Å². The molecule has 2 aromatic rings. The monoisotopic (exact) mass is 473 g/mol. The molecule has 1 aliphatic carbocycles. The first-order chi connectivity index (χ1) is 15.5. The lowest BCUT2D eigenvalue weighted by atomic mass is 9.67. The van der Waals surface area contributed by atoms with Gasteiger partial charge in [0.05, 0.1) is 24.3 Å². The molecule has 0 atom stereocenters. The molecule has 1 aliphatic heterocycles. The molecule has 1 saturated heterocycles. The minimum Gasteiger partial charge on any atom is -0.348 e. The second-order valence-corrected chi connectivity index (χ2v) is 8.77. The normalized spacial score (nSPS) is 20.3. The van der Waals surface area contributed by atoms with E-state index >= 15 is 0 Å². The van der Waals surface area contributed by atoms with Crippen molar-refractivity contribution in [2.45, 2.75) is 55.8 Å². The fourth-order valence-corrected chi connectivity index (χ4v) is 4.82. The van der Waals surface area contributed by atoms with E-state index in [9.17, 15) is 26.3 Å². The van der Waals surface area contributed by atoms with Crippen molar-refractivity contribution in [2.24, 2.45) is 0 Å². The van der Waals surface area contributed by atoms with Crippen LogP contribution in [0.15, 0.2) is 48.5 Å². The molecule has 1 saturated carbocycles. The van der Waals surface area contributed by atoms with E-state index in [1.54, 1.807) is 0 Å². The number of hydrogen-bond donors (Lipinski definition) is 1. The Morgan fingerprint density at radius 3 is 1.82 bits per heavy atom. The molecule has 1 N–H and O–H groups in total. The van der Waals surface area contributed by atoms with Crippen LogP contribution in [-0.2, 0) is 33.8 Å².